The van der Waals surface area contributed by atoms with Gasteiger partial charge in [0.1, 0.15) is 0 Å². The van der Waals surface area contributed by atoms with Crippen molar-refractivity contribution in [3.8, 4) is 0 Å². The van der Waals surface area contributed by atoms with Gasteiger partial charge in [-0.3, -0.25) is 0 Å². The van der Waals surface area contributed by atoms with Gasteiger partial charge in [-0.05, 0) is 71.4 Å². The second-order valence-corrected chi connectivity index (χ2v) is 4.76. The van der Waals surface area contributed by atoms with Crippen molar-refractivity contribution in [1.29, 1.82) is 0 Å². The Morgan fingerprint density at radius 2 is 1.22 bits per heavy atom. The summed E-state index contributed by atoms with van der Waals surface area (Å²) in [5.74, 6) is 0. The third-order valence-corrected chi connectivity index (χ3v) is 2.75. The lowest BCUT2D eigenvalue weighted by Crippen LogP contribution is -2.34. The zero-order chi connectivity index (χ0) is 13.5. The highest BCUT2D eigenvalue weighted by atomic mass is 14.9. The van der Waals surface area contributed by atoms with Crippen LogP contribution in [-0.2, 0) is 0 Å². The summed E-state index contributed by atoms with van der Waals surface area (Å²) in [4.78, 5) is 0. The van der Waals surface area contributed by atoms with Crippen LogP contribution in [0.25, 0.3) is 0 Å². The van der Waals surface area contributed by atoms with Crippen LogP contribution in [0, 0.1) is 0 Å². The molecule has 0 heterocycles. The molecule has 0 saturated carbocycles. The fourth-order valence-electron chi connectivity index (χ4n) is 1.66. The van der Waals surface area contributed by atoms with Gasteiger partial charge in [0.2, 0.25) is 0 Å². The number of rotatable bonds is 14. The zero-order valence-corrected chi connectivity index (χ0v) is 12.0. The van der Waals surface area contributed by atoms with Gasteiger partial charge in [-0.2, -0.15) is 0 Å². The van der Waals surface area contributed by atoms with E-state index in [1.165, 1.54) is 25.7 Å². The predicted molar refractivity (Wildman–Crippen MR) is 79.5 cm³/mol. The van der Waals surface area contributed by atoms with E-state index >= 15 is 0 Å². The number of unbranched alkanes of at least 4 members (excludes halogenated alkanes) is 1. The molecule has 0 aromatic heterocycles. The average Bonchev–Trinajstić information content (AvgIpc) is 2.34. The Morgan fingerprint density at radius 3 is 1.78 bits per heavy atom. The van der Waals surface area contributed by atoms with Gasteiger partial charge in [-0.1, -0.05) is 6.92 Å². The molecule has 7 N–H and O–H groups in total. The topological polar surface area (TPSA) is 88.1 Å². The van der Waals surface area contributed by atoms with Crippen molar-refractivity contribution >= 4 is 0 Å². The van der Waals surface area contributed by atoms with E-state index < -0.39 is 0 Å². The standard InChI is InChI=1S/C13H33N5/c1-2-7-16-10-5-11-17-8-3-4-9-18-12-6-13(14)15/h13,16-18H,2-12,14-15H2,1H3. The molecule has 0 fully saturated rings. The maximum atomic E-state index is 5.45. The molecular weight excluding hydrogens is 226 g/mol. The monoisotopic (exact) mass is 259 g/mol. The lowest BCUT2D eigenvalue weighted by atomic mass is 10.3. The molecule has 0 unspecified atom stereocenters. The fourth-order valence-corrected chi connectivity index (χ4v) is 1.66. The summed E-state index contributed by atoms with van der Waals surface area (Å²) >= 11 is 0. The van der Waals surface area contributed by atoms with E-state index in [0.717, 1.165) is 45.7 Å². The van der Waals surface area contributed by atoms with Gasteiger partial charge in [0.05, 0.1) is 6.17 Å². The van der Waals surface area contributed by atoms with Gasteiger partial charge in [0, 0.05) is 0 Å². The molecule has 18 heavy (non-hydrogen) atoms. The van der Waals surface area contributed by atoms with Crippen LogP contribution >= 0.6 is 0 Å². The molecule has 0 aliphatic rings. The van der Waals surface area contributed by atoms with Crippen molar-refractivity contribution < 1.29 is 0 Å². The maximum absolute atomic E-state index is 5.45. The average molecular weight is 259 g/mol. The number of nitrogens with two attached hydrogens (primary N) is 2. The van der Waals surface area contributed by atoms with E-state index in [0.29, 0.717) is 0 Å². The third-order valence-electron chi connectivity index (χ3n) is 2.75. The highest BCUT2D eigenvalue weighted by Gasteiger charge is 1.93. The van der Waals surface area contributed by atoms with Gasteiger partial charge >= 0.3 is 0 Å². The fraction of sp³-hybridized carbons (Fsp3) is 1.00. The smallest absolute Gasteiger partial charge is 0.0533 e. The molecule has 0 bridgehead atoms. The Morgan fingerprint density at radius 1 is 0.722 bits per heavy atom. The molecule has 0 radical (unpaired) electrons. The largest absolute Gasteiger partial charge is 0.317 e. The van der Waals surface area contributed by atoms with Crippen molar-refractivity contribution in [3.05, 3.63) is 0 Å². The lowest BCUT2D eigenvalue weighted by Gasteiger charge is -2.08. The first-order valence-corrected chi connectivity index (χ1v) is 7.40. The summed E-state index contributed by atoms with van der Waals surface area (Å²) in [6.45, 7) is 8.68. The van der Waals surface area contributed by atoms with Crippen LogP contribution in [0.5, 0.6) is 0 Å². The summed E-state index contributed by atoms with van der Waals surface area (Å²) in [5, 5.41) is 10.2. The van der Waals surface area contributed by atoms with Gasteiger partial charge in [-0.15, -0.1) is 0 Å². The number of nitrogens with one attached hydrogen (secondary N) is 3. The molecule has 110 valence electrons. The van der Waals surface area contributed by atoms with Crippen LogP contribution in [-0.4, -0.2) is 45.4 Å². The van der Waals surface area contributed by atoms with Gasteiger partial charge in [0.25, 0.3) is 0 Å². The van der Waals surface area contributed by atoms with Crippen LogP contribution in [0.2, 0.25) is 0 Å². The van der Waals surface area contributed by atoms with Crippen molar-refractivity contribution in [1.82, 2.24) is 16.0 Å². The minimum atomic E-state index is -0.180. The van der Waals surface area contributed by atoms with E-state index in [4.69, 9.17) is 11.5 Å². The molecule has 5 heteroatoms. The molecular formula is C13H33N5. The van der Waals surface area contributed by atoms with E-state index in [9.17, 15) is 0 Å². The van der Waals surface area contributed by atoms with E-state index in [1.807, 2.05) is 0 Å². The Labute approximate surface area is 112 Å². The van der Waals surface area contributed by atoms with Crippen LogP contribution < -0.4 is 27.4 Å². The van der Waals surface area contributed by atoms with Crippen molar-refractivity contribution in [2.24, 2.45) is 11.5 Å². The van der Waals surface area contributed by atoms with E-state index in [1.54, 1.807) is 0 Å². The van der Waals surface area contributed by atoms with Crippen molar-refractivity contribution in [3.63, 3.8) is 0 Å². The summed E-state index contributed by atoms with van der Waals surface area (Å²) in [6.07, 6.45) is 5.54. The van der Waals surface area contributed by atoms with Crippen LogP contribution in [0.3, 0.4) is 0 Å². The zero-order valence-electron chi connectivity index (χ0n) is 12.0. The molecule has 0 aromatic rings. The quantitative estimate of drug-likeness (QED) is 0.223. The van der Waals surface area contributed by atoms with Crippen molar-refractivity contribution in [2.45, 2.75) is 45.2 Å². The Balaban J connectivity index is 2.90. The second kappa shape index (κ2) is 14.9. The Bertz CT molecular complexity index is 152. The summed E-state index contributed by atoms with van der Waals surface area (Å²) in [5.41, 5.74) is 10.9. The Kier molecular flexibility index (Phi) is 14.7. The molecule has 0 aliphatic heterocycles. The van der Waals surface area contributed by atoms with Gasteiger partial charge < -0.3 is 27.4 Å². The number of hydrogen-bond acceptors (Lipinski definition) is 5. The van der Waals surface area contributed by atoms with Crippen LogP contribution in [0.1, 0.15) is 39.0 Å². The van der Waals surface area contributed by atoms with Gasteiger partial charge in [-0.25, -0.2) is 0 Å². The molecule has 0 amide bonds. The minimum Gasteiger partial charge on any atom is -0.317 e. The minimum absolute atomic E-state index is 0.180. The summed E-state index contributed by atoms with van der Waals surface area (Å²) in [6, 6.07) is 0. The second-order valence-electron chi connectivity index (χ2n) is 4.76. The molecule has 0 aliphatic carbocycles. The SMILES string of the molecule is CCCNCCCNCCCCNCCC(N)N. The summed E-state index contributed by atoms with van der Waals surface area (Å²) < 4.78 is 0. The lowest BCUT2D eigenvalue weighted by molar-refractivity contribution is 0.538. The van der Waals surface area contributed by atoms with Gasteiger partial charge in [0.15, 0.2) is 0 Å². The van der Waals surface area contributed by atoms with Crippen LogP contribution in [0.15, 0.2) is 0 Å². The first-order valence-electron chi connectivity index (χ1n) is 7.40. The molecule has 0 aromatic carbocycles. The predicted octanol–water partition coefficient (Wildman–Crippen LogP) is -0.0309. The van der Waals surface area contributed by atoms with Crippen LogP contribution in [0.4, 0.5) is 0 Å². The first-order chi connectivity index (χ1) is 8.77. The Hall–Kier alpha value is -0.200. The summed E-state index contributed by atoms with van der Waals surface area (Å²) in [7, 11) is 0. The molecule has 5 nitrogen and oxygen atoms in total. The molecule has 0 spiro atoms. The number of hydrogen-bond donors (Lipinski definition) is 5. The normalized spacial score (nSPS) is 11.3. The molecule has 0 rings (SSSR count). The van der Waals surface area contributed by atoms with E-state index in [-0.39, 0.29) is 6.17 Å². The maximum Gasteiger partial charge on any atom is 0.0533 e. The van der Waals surface area contributed by atoms with Crippen molar-refractivity contribution in [2.75, 3.05) is 39.3 Å². The third kappa shape index (κ3) is 15.8. The van der Waals surface area contributed by atoms with E-state index in [2.05, 4.69) is 22.9 Å². The molecule has 0 saturated heterocycles. The first kappa shape index (κ1) is 17.8. The highest BCUT2D eigenvalue weighted by molar-refractivity contribution is 4.56. The highest BCUT2D eigenvalue weighted by Crippen LogP contribution is 1.86. The molecule has 0 atom stereocenters.